The van der Waals surface area contributed by atoms with Gasteiger partial charge in [-0.15, -0.1) is 0 Å². The van der Waals surface area contributed by atoms with Crippen molar-refractivity contribution in [3.8, 4) is 5.75 Å². The molecule has 3 amide bonds. The van der Waals surface area contributed by atoms with Crippen molar-refractivity contribution in [3.63, 3.8) is 0 Å². The van der Waals surface area contributed by atoms with E-state index in [-0.39, 0.29) is 18.2 Å². The van der Waals surface area contributed by atoms with E-state index in [2.05, 4.69) is 10.6 Å². The molecule has 8 heteroatoms. The number of hydrogen-bond acceptors (Lipinski definition) is 5. The molecule has 0 aliphatic heterocycles. The summed E-state index contributed by atoms with van der Waals surface area (Å²) in [6.07, 6.45) is 1.67. The number of aromatic hydroxyl groups is 1. The molecule has 1 rings (SSSR count). The first-order valence-electron chi connectivity index (χ1n) is 10.4. The van der Waals surface area contributed by atoms with Crippen LogP contribution >= 0.6 is 0 Å². The lowest BCUT2D eigenvalue weighted by Crippen LogP contribution is -2.48. The highest BCUT2D eigenvalue weighted by molar-refractivity contribution is 5.90. The van der Waals surface area contributed by atoms with Gasteiger partial charge in [0.1, 0.15) is 23.9 Å². The van der Waals surface area contributed by atoms with Crippen LogP contribution < -0.4 is 10.6 Å². The van der Waals surface area contributed by atoms with E-state index in [0.29, 0.717) is 25.1 Å². The minimum Gasteiger partial charge on any atom is -0.508 e. The third kappa shape index (κ3) is 8.71. The van der Waals surface area contributed by atoms with Crippen LogP contribution in [0, 0.1) is 0 Å². The number of nitrogens with one attached hydrogen (secondary N) is 2. The first-order chi connectivity index (χ1) is 14.1. The van der Waals surface area contributed by atoms with Crippen molar-refractivity contribution in [3.05, 3.63) is 29.8 Å². The number of benzene rings is 1. The Labute approximate surface area is 179 Å². The van der Waals surface area contributed by atoms with Crippen molar-refractivity contribution in [1.29, 1.82) is 0 Å². The second kappa shape index (κ2) is 12.0. The van der Waals surface area contributed by atoms with Crippen molar-refractivity contribution in [2.45, 2.75) is 65.5 Å². The number of unbranched alkanes of at least 4 members (excludes halogenated alkanes) is 1. The minimum absolute atomic E-state index is 0.00892. The Bertz CT molecular complexity index is 715. The number of carbonyl (C=O) groups excluding carboxylic acids is 3. The average molecular weight is 422 g/mol. The molecule has 0 aromatic heterocycles. The van der Waals surface area contributed by atoms with Gasteiger partial charge in [-0.2, -0.15) is 0 Å². The van der Waals surface area contributed by atoms with Crippen LogP contribution in [0.4, 0.5) is 4.79 Å². The number of alkyl carbamates (subject to hydrolysis) is 1. The molecule has 0 spiro atoms. The molecule has 0 heterocycles. The topological polar surface area (TPSA) is 108 Å². The summed E-state index contributed by atoms with van der Waals surface area (Å²) in [4.78, 5) is 39.3. The zero-order chi connectivity index (χ0) is 22.7. The highest BCUT2D eigenvalue weighted by Crippen LogP contribution is 2.25. The van der Waals surface area contributed by atoms with Crippen LogP contribution in [-0.2, 0) is 14.3 Å². The Hall–Kier alpha value is -2.77. The molecule has 1 atom stereocenters. The number of phenolic OH excluding ortho intramolecular Hbond substituents is 1. The lowest BCUT2D eigenvalue weighted by molar-refractivity contribution is -0.140. The molecule has 30 heavy (non-hydrogen) atoms. The fourth-order valence-electron chi connectivity index (χ4n) is 2.85. The second-order valence-electron chi connectivity index (χ2n) is 8.08. The Morgan fingerprint density at radius 2 is 1.83 bits per heavy atom. The predicted molar refractivity (Wildman–Crippen MR) is 115 cm³/mol. The summed E-state index contributed by atoms with van der Waals surface area (Å²) in [7, 11) is 0. The fraction of sp³-hybridized carbons (Fsp3) is 0.591. The molecule has 0 bridgehead atoms. The third-order valence-corrected chi connectivity index (χ3v) is 4.14. The van der Waals surface area contributed by atoms with Gasteiger partial charge in [0.25, 0.3) is 0 Å². The highest BCUT2D eigenvalue weighted by Gasteiger charge is 2.31. The third-order valence-electron chi connectivity index (χ3n) is 4.14. The summed E-state index contributed by atoms with van der Waals surface area (Å²) >= 11 is 0. The second-order valence-corrected chi connectivity index (χ2v) is 8.08. The molecular weight excluding hydrogens is 386 g/mol. The van der Waals surface area contributed by atoms with Crippen molar-refractivity contribution in [1.82, 2.24) is 15.5 Å². The van der Waals surface area contributed by atoms with Crippen molar-refractivity contribution < 1.29 is 24.2 Å². The van der Waals surface area contributed by atoms with Gasteiger partial charge in [-0.3, -0.25) is 9.59 Å². The quantitative estimate of drug-likeness (QED) is 0.503. The maximum absolute atomic E-state index is 13.0. The van der Waals surface area contributed by atoms with E-state index >= 15 is 0 Å². The maximum atomic E-state index is 13.0. The standard InChI is InChI=1S/C22H35N3O5/c1-6-8-12-23-20(28)19(16-10-9-11-17(26)14-16)25(13-7-2)18(27)15-24-21(29)30-22(3,4)5/h9-11,14,19,26H,6-8,12-13,15H2,1-5H3,(H,23,28)(H,24,29). The van der Waals surface area contributed by atoms with E-state index in [0.717, 1.165) is 12.8 Å². The zero-order valence-electron chi connectivity index (χ0n) is 18.7. The Morgan fingerprint density at radius 1 is 1.13 bits per heavy atom. The van der Waals surface area contributed by atoms with Crippen LogP contribution in [0.5, 0.6) is 5.75 Å². The van der Waals surface area contributed by atoms with E-state index in [1.54, 1.807) is 32.9 Å². The molecule has 0 saturated carbocycles. The summed E-state index contributed by atoms with van der Waals surface area (Å²) < 4.78 is 5.17. The van der Waals surface area contributed by atoms with Gasteiger partial charge in [-0.1, -0.05) is 32.4 Å². The number of rotatable bonds is 10. The monoisotopic (exact) mass is 421 g/mol. The molecule has 0 aliphatic carbocycles. The summed E-state index contributed by atoms with van der Waals surface area (Å²) in [6.45, 7) is 9.63. The van der Waals surface area contributed by atoms with E-state index in [4.69, 9.17) is 4.74 Å². The van der Waals surface area contributed by atoms with Crippen LogP contribution in [0.25, 0.3) is 0 Å². The normalized spacial score (nSPS) is 12.0. The number of nitrogens with zero attached hydrogens (tertiary/aromatic N) is 1. The summed E-state index contributed by atoms with van der Waals surface area (Å²) in [5, 5.41) is 15.2. The van der Waals surface area contributed by atoms with E-state index in [1.165, 1.54) is 17.0 Å². The van der Waals surface area contributed by atoms with Crippen LogP contribution in [0.15, 0.2) is 24.3 Å². The minimum atomic E-state index is -0.915. The van der Waals surface area contributed by atoms with E-state index < -0.39 is 23.6 Å². The van der Waals surface area contributed by atoms with E-state index in [9.17, 15) is 19.5 Å². The van der Waals surface area contributed by atoms with Gasteiger partial charge in [0, 0.05) is 13.1 Å². The lowest BCUT2D eigenvalue weighted by atomic mass is 10.0. The summed E-state index contributed by atoms with van der Waals surface area (Å²) in [5.41, 5.74) is -0.178. The van der Waals surface area contributed by atoms with Crippen LogP contribution in [0.3, 0.4) is 0 Å². The number of ether oxygens (including phenoxy) is 1. The zero-order valence-corrected chi connectivity index (χ0v) is 18.7. The number of amides is 3. The first kappa shape index (κ1) is 25.3. The van der Waals surface area contributed by atoms with Crippen LogP contribution in [0.1, 0.15) is 65.5 Å². The molecule has 0 fully saturated rings. The van der Waals surface area contributed by atoms with Gasteiger partial charge in [-0.25, -0.2) is 4.79 Å². The lowest BCUT2D eigenvalue weighted by Gasteiger charge is -2.31. The molecule has 8 nitrogen and oxygen atoms in total. The predicted octanol–water partition coefficient (Wildman–Crippen LogP) is 3.11. The molecule has 1 unspecified atom stereocenters. The highest BCUT2D eigenvalue weighted by atomic mass is 16.6. The Kier molecular flexibility index (Phi) is 10.1. The van der Waals surface area contributed by atoms with Crippen LogP contribution in [0.2, 0.25) is 0 Å². The van der Waals surface area contributed by atoms with Gasteiger partial charge in [0.15, 0.2) is 0 Å². The van der Waals surface area contributed by atoms with Gasteiger partial charge in [0.2, 0.25) is 11.8 Å². The van der Waals surface area contributed by atoms with Gasteiger partial charge >= 0.3 is 6.09 Å². The molecule has 0 aliphatic rings. The molecule has 1 aromatic carbocycles. The maximum Gasteiger partial charge on any atom is 0.408 e. The summed E-state index contributed by atoms with van der Waals surface area (Å²) in [5.74, 6) is -0.732. The number of phenols is 1. The first-order valence-corrected chi connectivity index (χ1v) is 10.4. The molecular formula is C22H35N3O5. The Balaban J connectivity index is 3.06. The smallest absolute Gasteiger partial charge is 0.408 e. The molecule has 0 radical (unpaired) electrons. The van der Waals surface area contributed by atoms with Crippen LogP contribution in [-0.4, -0.2) is 53.1 Å². The van der Waals surface area contributed by atoms with Crippen molar-refractivity contribution in [2.24, 2.45) is 0 Å². The average Bonchev–Trinajstić information content (AvgIpc) is 2.64. The molecule has 168 valence electrons. The van der Waals surface area contributed by atoms with Gasteiger partial charge < -0.3 is 25.4 Å². The Morgan fingerprint density at radius 3 is 2.40 bits per heavy atom. The number of hydrogen-bond donors (Lipinski definition) is 3. The largest absolute Gasteiger partial charge is 0.508 e. The SMILES string of the molecule is CCCCNC(=O)C(c1cccc(O)c1)N(CCC)C(=O)CNC(=O)OC(C)(C)C. The summed E-state index contributed by atoms with van der Waals surface area (Å²) in [6, 6.07) is 5.39. The molecule has 3 N–H and O–H groups in total. The van der Waals surface area contributed by atoms with E-state index in [1.807, 2.05) is 13.8 Å². The van der Waals surface area contributed by atoms with Crippen molar-refractivity contribution >= 4 is 17.9 Å². The van der Waals surface area contributed by atoms with Gasteiger partial charge in [-0.05, 0) is 51.3 Å². The van der Waals surface area contributed by atoms with Crippen molar-refractivity contribution in [2.75, 3.05) is 19.6 Å². The van der Waals surface area contributed by atoms with Gasteiger partial charge in [0.05, 0.1) is 0 Å². The fourth-order valence-corrected chi connectivity index (χ4v) is 2.85. The number of carbonyl (C=O) groups is 3. The molecule has 1 aromatic rings. The molecule has 0 saturated heterocycles.